The van der Waals surface area contributed by atoms with Gasteiger partial charge in [-0.2, -0.15) is 0 Å². The van der Waals surface area contributed by atoms with Gasteiger partial charge in [0.1, 0.15) is 18.3 Å². The Kier molecular flexibility index (Phi) is 10.5. The van der Waals surface area contributed by atoms with Crippen molar-refractivity contribution in [1.29, 1.82) is 0 Å². The molecule has 8 nitrogen and oxygen atoms in total. The van der Waals surface area contributed by atoms with Gasteiger partial charge >= 0.3 is 0 Å². The van der Waals surface area contributed by atoms with Gasteiger partial charge in [-0.25, -0.2) is 8.42 Å². The molecule has 3 rings (SSSR count). The van der Waals surface area contributed by atoms with E-state index < -0.39 is 28.5 Å². The average molecular weight is 617 g/mol. The molecule has 0 bridgehead atoms. The van der Waals surface area contributed by atoms with Crippen molar-refractivity contribution >= 4 is 43.5 Å². The molecule has 0 aromatic heterocycles. The van der Waals surface area contributed by atoms with Crippen LogP contribution in [0, 0.1) is 0 Å². The highest BCUT2D eigenvalue weighted by molar-refractivity contribution is 9.10. The summed E-state index contributed by atoms with van der Waals surface area (Å²) < 4.78 is 34.7. The Labute approximate surface area is 239 Å². The monoisotopic (exact) mass is 615 g/mol. The number of rotatable bonds is 12. The lowest BCUT2D eigenvalue weighted by molar-refractivity contribution is -0.139. The molecule has 3 aromatic carbocycles. The maximum absolute atomic E-state index is 13.9. The SMILES string of the molecule is CC[C@@H](C)NC(=O)[C@H](C)N(Cc1cccc(Br)c1)C(=O)CN(c1ccc(OC)cc1)S(=O)(=O)c1ccccc1. The summed E-state index contributed by atoms with van der Waals surface area (Å²) in [6.45, 7) is 5.12. The minimum Gasteiger partial charge on any atom is -0.497 e. The third-order valence-corrected chi connectivity index (χ3v) is 8.66. The number of anilines is 1. The first-order valence-electron chi connectivity index (χ1n) is 12.6. The highest BCUT2D eigenvalue weighted by Gasteiger charge is 2.32. The molecule has 1 N–H and O–H groups in total. The summed E-state index contributed by atoms with van der Waals surface area (Å²) in [7, 11) is -2.60. The molecule has 0 saturated heterocycles. The zero-order valence-corrected chi connectivity index (χ0v) is 24.9. The molecule has 0 heterocycles. The van der Waals surface area contributed by atoms with Gasteiger partial charge in [0, 0.05) is 17.1 Å². The molecule has 208 valence electrons. The number of hydrogen-bond acceptors (Lipinski definition) is 5. The standard InChI is InChI=1S/C29H34BrN3O5S/c1-5-21(2)31-29(35)22(3)32(19-23-10-9-11-24(30)18-23)28(34)20-33(25-14-16-26(38-4)17-15-25)39(36,37)27-12-7-6-8-13-27/h6-18,21-22H,5,19-20H2,1-4H3,(H,31,35)/t21-,22+/m1/s1. The molecule has 0 unspecified atom stereocenters. The second-order valence-electron chi connectivity index (χ2n) is 9.17. The molecule has 2 atom stereocenters. The third-order valence-electron chi connectivity index (χ3n) is 6.38. The van der Waals surface area contributed by atoms with Gasteiger partial charge in [0.05, 0.1) is 17.7 Å². The lowest BCUT2D eigenvalue weighted by Crippen LogP contribution is -2.52. The number of nitrogens with zero attached hydrogens (tertiary/aromatic N) is 2. The number of hydrogen-bond donors (Lipinski definition) is 1. The number of methoxy groups -OCH3 is 1. The molecule has 0 fully saturated rings. The van der Waals surface area contributed by atoms with Gasteiger partial charge in [-0.15, -0.1) is 0 Å². The predicted octanol–water partition coefficient (Wildman–Crippen LogP) is 4.99. The van der Waals surface area contributed by atoms with Gasteiger partial charge < -0.3 is 15.0 Å². The quantitative estimate of drug-likeness (QED) is 0.310. The van der Waals surface area contributed by atoms with Crippen LogP contribution in [0.5, 0.6) is 5.75 Å². The van der Waals surface area contributed by atoms with E-state index in [0.29, 0.717) is 11.4 Å². The Morgan fingerprint density at radius 2 is 1.64 bits per heavy atom. The van der Waals surface area contributed by atoms with Crippen LogP contribution >= 0.6 is 15.9 Å². The second-order valence-corrected chi connectivity index (χ2v) is 11.9. The van der Waals surface area contributed by atoms with E-state index in [4.69, 9.17) is 4.74 Å². The Hall–Kier alpha value is -3.37. The molecule has 0 aliphatic rings. The number of halogens is 1. The van der Waals surface area contributed by atoms with Crippen LogP contribution in [-0.2, 0) is 26.2 Å². The van der Waals surface area contributed by atoms with E-state index in [0.717, 1.165) is 20.8 Å². The molecule has 3 aromatic rings. The van der Waals surface area contributed by atoms with Gasteiger partial charge in [0.25, 0.3) is 10.0 Å². The van der Waals surface area contributed by atoms with Crippen molar-refractivity contribution in [2.75, 3.05) is 18.0 Å². The van der Waals surface area contributed by atoms with Crippen LogP contribution in [-0.4, -0.2) is 50.9 Å². The van der Waals surface area contributed by atoms with Gasteiger partial charge in [-0.1, -0.05) is 53.2 Å². The van der Waals surface area contributed by atoms with Crippen LogP contribution in [0.1, 0.15) is 32.8 Å². The van der Waals surface area contributed by atoms with Crippen LogP contribution in [0.4, 0.5) is 5.69 Å². The molecule has 0 aliphatic carbocycles. The topological polar surface area (TPSA) is 96.0 Å². The molecule has 10 heteroatoms. The summed E-state index contributed by atoms with van der Waals surface area (Å²) in [6, 6.07) is 20.9. The smallest absolute Gasteiger partial charge is 0.264 e. The Bertz CT molecular complexity index is 1370. The van der Waals surface area contributed by atoms with Crippen LogP contribution in [0.15, 0.2) is 88.2 Å². The fraction of sp³-hybridized carbons (Fsp3) is 0.310. The Morgan fingerprint density at radius 1 is 0.974 bits per heavy atom. The number of benzene rings is 3. The van der Waals surface area contributed by atoms with Gasteiger partial charge in [-0.3, -0.25) is 13.9 Å². The highest BCUT2D eigenvalue weighted by Crippen LogP contribution is 2.26. The number of carbonyl (C=O) groups excluding carboxylic acids is 2. The average Bonchev–Trinajstić information content (AvgIpc) is 2.94. The van der Waals surface area contributed by atoms with Crippen LogP contribution < -0.4 is 14.4 Å². The third kappa shape index (κ3) is 7.83. The summed E-state index contributed by atoms with van der Waals surface area (Å²) in [5.74, 6) is -0.277. The van der Waals surface area contributed by atoms with E-state index in [1.54, 1.807) is 49.4 Å². The molecule has 2 amide bonds. The van der Waals surface area contributed by atoms with Crippen LogP contribution in [0.3, 0.4) is 0 Å². The van der Waals surface area contributed by atoms with Gasteiger partial charge in [0.2, 0.25) is 11.8 Å². The zero-order chi connectivity index (χ0) is 28.6. The van der Waals surface area contributed by atoms with E-state index >= 15 is 0 Å². The normalized spacial score (nSPS) is 12.7. The highest BCUT2D eigenvalue weighted by atomic mass is 79.9. The summed E-state index contributed by atoms with van der Waals surface area (Å²) >= 11 is 3.45. The Balaban J connectivity index is 2.02. The maximum Gasteiger partial charge on any atom is 0.264 e. The van der Waals surface area contributed by atoms with E-state index in [2.05, 4.69) is 21.2 Å². The second kappa shape index (κ2) is 13.6. The van der Waals surface area contributed by atoms with Crippen LogP contribution in [0.2, 0.25) is 0 Å². The number of carbonyl (C=O) groups is 2. The fourth-order valence-electron chi connectivity index (χ4n) is 3.88. The van der Waals surface area contributed by atoms with Crippen LogP contribution in [0.25, 0.3) is 0 Å². The molecular weight excluding hydrogens is 582 g/mol. The first-order valence-corrected chi connectivity index (χ1v) is 14.9. The molecule has 0 spiro atoms. The lowest BCUT2D eigenvalue weighted by Gasteiger charge is -2.32. The summed E-state index contributed by atoms with van der Waals surface area (Å²) in [5.41, 5.74) is 1.09. The zero-order valence-electron chi connectivity index (χ0n) is 22.5. The van der Waals surface area contributed by atoms with Crippen molar-refractivity contribution in [1.82, 2.24) is 10.2 Å². The van der Waals surface area contributed by atoms with Crippen molar-refractivity contribution in [2.45, 2.75) is 50.7 Å². The van der Waals surface area contributed by atoms with E-state index in [1.165, 1.54) is 24.1 Å². The lowest BCUT2D eigenvalue weighted by atomic mass is 10.1. The van der Waals surface area contributed by atoms with Crippen molar-refractivity contribution in [3.05, 3.63) is 88.9 Å². The largest absolute Gasteiger partial charge is 0.497 e. The number of ether oxygens (including phenoxy) is 1. The summed E-state index contributed by atoms with van der Waals surface area (Å²) in [4.78, 5) is 28.5. The van der Waals surface area contributed by atoms with E-state index in [-0.39, 0.29) is 23.4 Å². The minimum absolute atomic E-state index is 0.0507. The maximum atomic E-state index is 13.9. The number of amides is 2. The van der Waals surface area contributed by atoms with Gasteiger partial charge in [0.15, 0.2) is 0 Å². The summed E-state index contributed by atoms with van der Waals surface area (Å²) in [6.07, 6.45) is 0.735. The molecule has 0 saturated carbocycles. The van der Waals surface area contributed by atoms with Crippen molar-refractivity contribution in [3.8, 4) is 5.75 Å². The molecule has 0 aliphatic heterocycles. The Morgan fingerprint density at radius 3 is 2.23 bits per heavy atom. The fourth-order valence-corrected chi connectivity index (χ4v) is 5.76. The minimum atomic E-state index is -4.11. The molecule has 0 radical (unpaired) electrons. The van der Waals surface area contributed by atoms with Crippen molar-refractivity contribution < 1.29 is 22.7 Å². The van der Waals surface area contributed by atoms with Crippen molar-refractivity contribution in [2.24, 2.45) is 0 Å². The first-order chi connectivity index (χ1) is 18.6. The van der Waals surface area contributed by atoms with E-state index in [9.17, 15) is 18.0 Å². The van der Waals surface area contributed by atoms with Gasteiger partial charge in [-0.05, 0) is 74.4 Å². The predicted molar refractivity (Wildman–Crippen MR) is 156 cm³/mol. The number of sulfonamides is 1. The molecule has 39 heavy (non-hydrogen) atoms. The van der Waals surface area contributed by atoms with Crippen molar-refractivity contribution in [3.63, 3.8) is 0 Å². The number of nitrogens with one attached hydrogen (secondary N) is 1. The first kappa shape index (κ1) is 30.2. The van der Waals surface area contributed by atoms with E-state index in [1.807, 2.05) is 38.1 Å². The molecular formula is C29H34BrN3O5S. The summed E-state index contributed by atoms with van der Waals surface area (Å²) in [5, 5.41) is 2.93.